The molecule has 4 atom stereocenters. The summed E-state index contributed by atoms with van der Waals surface area (Å²) >= 11 is 0. The monoisotopic (exact) mass is 840 g/mol. The van der Waals surface area contributed by atoms with Gasteiger partial charge in [0.15, 0.2) is 5.96 Å². The second-order valence-electron chi connectivity index (χ2n) is 15.3. The van der Waals surface area contributed by atoms with Crippen molar-refractivity contribution in [2.75, 3.05) is 32.7 Å². The molecule has 3 aromatic carbocycles. The highest BCUT2D eigenvalue weighted by molar-refractivity contribution is 6.00. The van der Waals surface area contributed by atoms with E-state index in [1.165, 1.54) is 4.90 Å². The van der Waals surface area contributed by atoms with E-state index in [-0.39, 0.29) is 50.7 Å². The number of hydrogen-bond donors (Lipinski definition) is 8. The number of carbonyl (C=O) groups is 6. The summed E-state index contributed by atoms with van der Waals surface area (Å²) in [6.07, 6.45) is 0.596. The normalized spacial score (nSPS) is 14.5. The number of urea groups is 1. The van der Waals surface area contributed by atoms with Crippen molar-refractivity contribution in [2.24, 2.45) is 22.4 Å². The first-order chi connectivity index (χ1) is 29.4. The summed E-state index contributed by atoms with van der Waals surface area (Å²) in [5.41, 5.74) is 13.2. The molecule has 0 aliphatic carbocycles. The highest BCUT2D eigenvalue weighted by atomic mass is 16.5. The maximum absolute atomic E-state index is 14.3. The average Bonchev–Trinajstić information content (AvgIpc) is 3.54. The van der Waals surface area contributed by atoms with Crippen LogP contribution in [0.2, 0.25) is 0 Å². The van der Waals surface area contributed by atoms with Gasteiger partial charge in [-0.05, 0) is 54.8 Å². The molecule has 17 nitrogen and oxygen atoms in total. The first kappa shape index (κ1) is 47.2. The van der Waals surface area contributed by atoms with Gasteiger partial charge in [0, 0.05) is 39.0 Å². The molecule has 1 heterocycles. The summed E-state index contributed by atoms with van der Waals surface area (Å²) in [5, 5.41) is 16.7. The number of aliphatic imine (C=N–C) groups is 1. The number of nitrogens with zero attached hydrogens (tertiary/aromatic N) is 2. The number of amides is 7. The molecule has 0 spiro atoms. The highest BCUT2D eigenvalue weighted by Crippen LogP contribution is 2.12. The standard InChI is InChI=1S/C44H60N10O7/c1-30(2)26-35(39(56)49-34(20-12-22-48-42(45)46)38(55)53-43(59)54-24-13-21-47-23-25-54)50-40(57)36(27-31-14-6-3-7-15-31)51-41(58)37(28-32-16-8-4-9-17-32)52-44(60)61-29-33-18-10-5-11-19-33/h3-11,14-19,30,34-37,47H,12-13,20-29H2,1-2H3,(H,49,56)(H,50,57)(H,51,58)(H,52,60)(H4,45,46,48)(H,53,55,59)/t34-,35-,36-,37-/m1/s1. The molecule has 1 saturated heterocycles. The van der Waals surface area contributed by atoms with Crippen LogP contribution in [-0.2, 0) is 43.4 Å². The lowest BCUT2D eigenvalue weighted by atomic mass is 9.99. The van der Waals surface area contributed by atoms with E-state index in [0.717, 1.165) is 23.2 Å². The van der Waals surface area contributed by atoms with Crippen molar-refractivity contribution >= 4 is 41.7 Å². The minimum Gasteiger partial charge on any atom is -0.445 e. The molecule has 0 saturated carbocycles. The number of ether oxygens (including phenoxy) is 1. The smallest absolute Gasteiger partial charge is 0.408 e. The van der Waals surface area contributed by atoms with Crippen LogP contribution in [-0.4, -0.2) is 104 Å². The van der Waals surface area contributed by atoms with Crippen molar-refractivity contribution in [1.82, 2.24) is 36.8 Å². The Morgan fingerprint density at radius 2 is 1.20 bits per heavy atom. The maximum atomic E-state index is 14.3. The summed E-state index contributed by atoms with van der Waals surface area (Å²) in [4.78, 5) is 87.7. The summed E-state index contributed by atoms with van der Waals surface area (Å²) in [6, 6.07) is 22.0. The van der Waals surface area contributed by atoms with E-state index in [2.05, 4.69) is 36.9 Å². The maximum Gasteiger partial charge on any atom is 0.408 e. The van der Waals surface area contributed by atoms with Crippen LogP contribution in [0.5, 0.6) is 0 Å². The van der Waals surface area contributed by atoms with Crippen molar-refractivity contribution in [3.8, 4) is 0 Å². The van der Waals surface area contributed by atoms with Gasteiger partial charge in [0.2, 0.25) is 17.7 Å². The van der Waals surface area contributed by atoms with Crippen molar-refractivity contribution in [3.63, 3.8) is 0 Å². The van der Waals surface area contributed by atoms with Crippen LogP contribution in [0, 0.1) is 5.92 Å². The number of nitrogens with two attached hydrogens (primary N) is 2. The first-order valence-electron chi connectivity index (χ1n) is 20.7. The van der Waals surface area contributed by atoms with Gasteiger partial charge in [-0.2, -0.15) is 0 Å². The topological polar surface area (TPSA) is 251 Å². The van der Waals surface area contributed by atoms with Gasteiger partial charge in [0.1, 0.15) is 30.8 Å². The van der Waals surface area contributed by atoms with Crippen LogP contribution in [0.1, 0.15) is 56.2 Å². The Balaban J connectivity index is 1.53. The Morgan fingerprint density at radius 3 is 1.77 bits per heavy atom. The number of carbonyl (C=O) groups excluding carboxylic acids is 6. The number of guanidine groups is 1. The largest absolute Gasteiger partial charge is 0.445 e. The molecule has 0 bridgehead atoms. The van der Waals surface area contributed by atoms with Gasteiger partial charge < -0.3 is 47.7 Å². The number of nitrogens with one attached hydrogen (secondary N) is 6. The molecular formula is C44H60N10O7. The van der Waals surface area contributed by atoms with Crippen LogP contribution in [0.4, 0.5) is 9.59 Å². The van der Waals surface area contributed by atoms with E-state index in [0.29, 0.717) is 32.5 Å². The zero-order chi connectivity index (χ0) is 44.0. The van der Waals surface area contributed by atoms with E-state index in [1.54, 1.807) is 24.3 Å². The number of imide groups is 1. The molecule has 328 valence electrons. The van der Waals surface area contributed by atoms with Gasteiger partial charge in [-0.3, -0.25) is 29.5 Å². The van der Waals surface area contributed by atoms with Gasteiger partial charge in [-0.25, -0.2) is 9.59 Å². The Kier molecular flexibility index (Phi) is 19.5. The molecule has 1 aliphatic rings. The number of rotatable bonds is 20. The average molecular weight is 841 g/mol. The Hall–Kier alpha value is -6.49. The molecule has 4 rings (SSSR count). The van der Waals surface area contributed by atoms with Crippen LogP contribution >= 0.6 is 0 Å². The molecule has 3 aromatic rings. The van der Waals surface area contributed by atoms with Crippen molar-refractivity contribution < 1.29 is 33.5 Å². The SMILES string of the molecule is CC(C)C[C@@H](NC(=O)[C@@H](Cc1ccccc1)NC(=O)[C@@H](Cc1ccccc1)NC(=O)OCc1ccccc1)C(=O)N[C@H](CCCN=C(N)N)C(=O)NC(=O)N1CCCNCC1. The molecule has 10 N–H and O–H groups in total. The lowest BCUT2D eigenvalue weighted by Gasteiger charge is -2.27. The molecule has 0 radical (unpaired) electrons. The van der Waals surface area contributed by atoms with Gasteiger partial charge in [-0.1, -0.05) is 105 Å². The first-order valence-corrected chi connectivity index (χ1v) is 20.7. The summed E-state index contributed by atoms with van der Waals surface area (Å²) in [6.45, 7) is 6.09. The van der Waals surface area contributed by atoms with Gasteiger partial charge in [0.25, 0.3) is 5.91 Å². The quantitative estimate of drug-likeness (QED) is 0.0466. The molecule has 1 fully saturated rings. The van der Waals surface area contributed by atoms with E-state index < -0.39 is 59.9 Å². The molecule has 61 heavy (non-hydrogen) atoms. The number of hydrogen-bond acceptors (Lipinski definition) is 9. The molecule has 7 amide bonds. The fourth-order valence-corrected chi connectivity index (χ4v) is 6.64. The van der Waals surface area contributed by atoms with Crippen LogP contribution in [0.25, 0.3) is 0 Å². The second-order valence-corrected chi connectivity index (χ2v) is 15.3. The Morgan fingerprint density at radius 1 is 0.672 bits per heavy atom. The van der Waals surface area contributed by atoms with Crippen molar-refractivity contribution in [2.45, 2.75) is 83.1 Å². The Bertz CT molecular complexity index is 1890. The van der Waals surface area contributed by atoms with E-state index >= 15 is 0 Å². The van der Waals surface area contributed by atoms with Crippen LogP contribution in [0.15, 0.2) is 96.0 Å². The summed E-state index contributed by atoms with van der Waals surface area (Å²) in [5.74, 6) is -2.91. The third-order valence-corrected chi connectivity index (χ3v) is 9.80. The number of alkyl carbamates (subject to hydrolysis) is 1. The fraction of sp³-hybridized carbons (Fsp3) is 0.432. The summed E-state index contributed by atoms with van der Waals surface area (Å²) < 4.78 is 5.43. The lowest BCUT2D eigenvalue weighted by molar-refractivity contribution is -0.134. The molecular weight excluding hydrogens is 781 g/mol. The Labute approximate surface area is 357 Å². The zero-order valence-corrected chi connectivity index (χ0v) is 34.9. The third-order valence-electron chi connectivity index (χ3n) is 9.80. The molecule has 17 heteroatoms. The minimum atomic E-state index is -1.20. The molecule has 0 unspecified atom stereocenters. The lowest BCUT2D eigenvalue weighted by Crippen LogP contribution is -2.59. The minimum absolute atomic E-state index is 0.0179. The fourth-order valence-electron chi connectivity index (χ4n) is 6.64. The van der Waals surface area contributed by atoms with Crippen LogP contribution in [0.3, 0.4) is 0 Å². The van der Waals surface area contributed by atoms with Crippen molar-refractivity contribution in [1.29, 1.82) is 0 Å². The van der Waals surface area contributed by atoms with Gasteiger partial charge >= 0.3 is 12.1 Å². The highest BCUT2D eigenvalue weighted by Gasteiger charge is 2.33. The predicted molar refractivity (Wildman–Crippen MR) is 232 cm³/mol. The van der Waals surface area contributed by atoms with E-state index in [4.69, 9.17) is 16.2 Å². The molecule has 1 aliphatic heterocycles. The van der Waals surface area contributed by atoms with Gasteiger partial charge in [-0.15, -0.1) is 0 Å². The van der Waals surface area contributed by atoms with E-state index in [9.17, 15) is 28.8 Å². The number of benzene rings is 3. The zero-order valence-electron chi connectivity index (χ0n) is 34.9. The van der Waals surface area contributed by atoms with Crippen molar-refractivity contribution in [3.05, 3.63) is 108 Å². The second kappa shape index (κ2) is 25.2. The van der Waals surface area contributed by atoms with Crippen LogP contribution < -0.4 is 43.4 Å². The van der Waals surface area contributed by atoms with Gasteiger partial charge in [0.05, 0.1) is 0 Å². The molecule has 0 aromatic heterocycles. The third kappa shape index (κ3) is 17.3. The summed E-state index contributed by atoms with van der Waals surface area (Å²) in [7, 11) is 0. The van der Waals surface area contributed by atoms with E-state index in [1.807, 2.05) is 80.6 Å². The predicted octanol–water partition coefficient (Wildman–Crippen LogP) is 1.85.